The van der Waals surface area contributed by atoms with E-state index < -0.39 is 54.3 Å². The summed E-state index contributed by atoms with van der Waals surface area (Å²) in [6.07, 6.45) is -6.73. The number of benzene rings is 1. The molecule has 0 bridgehead atoms. The van der Waals surface area contributed by atoms with Gasteiger partial charge in [-0.2, -0.15) is 27.1 Å². The van der Waals surface area contributed by atoms with E-state index in [0.29, 0.717) is 0 Å². The Morgan fingerprint density at radius 2 is 1.96 bits per heavy atom. The Kier molecular flexibility index (Phi) is 5.70. The third kappa shape index (κ3) is 5.18. The Balaban J connectivity index is 2.39. The van der Waals surface area contributed by atoms with Gasteiger partial charge in [-0.25, -0.2) is 4.79 Å². The molecule has 2 rings (SSSR count). The van der Waals surface area contributed by atoms with Crippen molar-refractivity contribution in [2.45, 2.75) is 38.2 Å². The average molecular weight is 410 g/mol. The van der Waals surface area contributed by atoms with Crippen LogP contribution in [0.2, 0.25) is 0 Å². The van der Waals surface area contributed by atoms with Gasteiger partial charge < -0.3 is 14.6 Å². The molecular formula is C17H17F5N2O4. The van der Waals surface area contributed by atoms with Crippen LogP contribution in [0.5, 0.6) is 5.75 Å². The number of aromatic nitrogens is 2. The number of hydrogen-bond donors (Lipinski definition) is 1. The number of halogens is 5. The zero-order valence-electron chi connectivity index (χ0n) is 16.4. The molecule has 0 aliphatic rings. The van der Waals surface area contributed by atoms with E-state index >= 15 is 0 Å². The van der Waals surface area contributed by atoms with E-state index in [0.717, 1.165) is 30.5 Å². The third-order valence-corrected chi connectivity index (χ3v) is 3.41. The monoisotopic (exact) mass is 410 g/mol. The number of carbonyl (C=O) groups is 1. The number of esters is 1. The minimum absolute atomic E-state index is 0.268. The lowest BCUT2D eigenvalue weighted by molar-refractivity contribution is -0.179. The highest BCUT2D eigenvalue weighted by atomic mass is 19.4. The zero-order valence-corrected chi connectivity index (χ0v) is 14.4. The van der Waals surface area contributed by atoms with Crippen molar-refractivity contribution in [3.63, 3.8) is 0 Å². The van der Waals surface area contributed by atoms with Gasteiger partial charge in [0.2, 0.25) is 6.10 Å². The fraction of sp³-hybridized carbons (Fsp3) is 0.412. The Morgan fingerprint density at radius 3 is 2.61 bits per heavy atom. The lowest BCUT2D eigenvalue weighted by atomic mass is 10.0. The first-order valence-corrected chi connectivity index (χ1v) is 7.89. The molecule has 6 nitrogen and oxygen atoms in total. The van der Waals surface area contributed by atoms with Crippen LogP contribution in [0.4, 0.5) is 22.0 Å². The predicted octanol–water partition coefficient (Wildman–Crippen LogP) is 3.04. The van der Waals surface area contributed by atoms with Crippen LogP contribution in [0.15, 0.2) is 36.5 Å². The van der Waals surface area contributed by atoms with Gasteiger partial charge in [0, 0.05) is 6.20 Å². The number of alkyl halides is 5. The first-order chi connectivity index (χ1) is 13.8. The second-order valence-corrected chi connectivity index (χ2v) is 5.47. The Hall–Kier alpha value is -2.69. The number of nitrogens with zero attached hydrogens (tertiary/aromatic N) is 2. The van der Waals surface area contributed by atoms with Crippen molar-refractivity contribution < 1.29 is 44.1 Å². The van der Waals surface area contributed by atoms with Gasteiger partial charge in [-0.1, -0.05) is 12.1 Å². The zero-order chi connectivity index (χ0) is 22.7. The van der Waals surface area contributed by atoms with E-state index in [1.165, 1.54) is 13.0 Å². The van der Waals surface area contributed by atoms with E-state index in [4.69, 9.17) is 7.48 Å². The van der Waals surface area contributed by atoms with Crippen LogP contribution in [-0.2, 0) is 28.6 Å². The predicted molar refractivity (Wildman–Crippen MR) is 85.6 cm³/mol. The molecular weight excluding hydrogens is 391 g/mol. The van der Waals surface area contributed by atoms with Crippen molar-refractivity contribution >= 4 is 5.97 Å². The van der Waals surface area contributed by atoms with Gasteiger partial charge in [-0.15, -0.1) is 0 Å². The number of para-hydroxylation sites is 1. The molecule has 1 unspecified atom stereocenters. The Bertz CT molecular complexity index is 889. The number of carbonyl (C=O) groups excluding carboxylic acids is 1. The molecule has 0 spiro atoms. The fourth-order valence-corrected chi connectivity index (χ4v) is 2.17. The summed E-state index contributed by atoms with van der Waals surface area (Å²) in [5.74, 6) is -6.65. The van der Waals surface area contributed by atoms with Gasteiger partial charge in [0.15, 0.2) is 0 Å². The summed E-state index contributed by atoms with van der Waals surface area (Å²) in [6, 6.07) is 4.93. The van der Waals surface area contributed by atoms with E-state index in [1.807, 2.05) is 0 Å². The van der Waals surface area contributed by atoms with Gasteiger partial charge in [0.1, 0.15) is 18.9 Å². The largest absolute Gasteiger partial charge is 0.487 e. The molecule has 11 heteroatoms. The molecule has 1 aromatic heterocycles. The molecule has 154 valence electrons. The van der Waals surface area contributed by atoms with Crippen molar-refractivity contribution in [3.8, 4) is 5.75 Å². The van der Waals surface area contributed by atoms with E-state index in [9.17, 15) is 31.9 Å². The van der Waals surface area contributed by atoms with Crippen molar-refractivity contribution in [1.29, 1.82) is 0 Å². The first kappa shape index (κ1) is 18.7. The summed E-state index contributed by atoms with van der Waals surface area (Å²) in [7, 11) is 0. The molecule has 0 amide bonds. The SMILES string of the molecule is [2H]C([2H])(Oc1ccccc1C(F)(F)C(O)C(=O)OCC)c1ccnn1CC(F)(F)F. The molecule has 2 aromatic rings. The second-order valence-electron chi connectivity index (χ2n) is 5.47. The molecule has 1 aromatic carbocycles. The number of aliphatic hydroxyl groups is 1. The van der Waals surface area contributed by atoms with Gasteiger partial charge in [-0.05, 0) is 25.1 Å². The molecule has 0 fully saturated rings. The van der Waals surface area contributed by atoms with E-state index in [-0.39, 0.29) is 11.3 Å². The highest BCUT2D eigenvalue weighted by molar-refractivity contribution is 5.76. The van der Waals surface area contributed by atoms with Crippen LogP contribution in [0.25, 0.3) is 0 Å². The highest BCUT2D eigenvalue weighted by Gasteiger charge is 2.47. The van der Waals surface area contributed by atoms with Crippen LogP contribution in [-0.4, -0.2) is 39.7 Å². The molecule has 0 saturated heterocycles. The fourth-order valence-electron chi connectivity index (χ4n) is 2.17. The molecule has 0 aliphatic heterocycles. The topological polar surface area (TPSA) is 73.6 Å². The van der Waals surface area contributed by atoms with Gasteiger partial charge >= 0.3 is 18.1 Å². The second kappa shape index (κ2) is 8.55. The van der Waals surface area contributed by atoms with Crippen molar-refractivity contribution in [2.75, 3.05) is 6.61 Å². The standard InChI is InChI=1S/C17H17F5N2O4/c1-2-27-15(26)14(25)17(21,22)12-5-3-4-6-13(12)28-9-11-7-8-23-24(11)10-16(18,19)20/h3-8,14,25H,2,9-10H2,1H3/i9D2. The van der Waals surface area contributed by atoms with E-state index in [2.05, 4.69) is 9.84 Å². The van der Waals surface area contributed by atoms with Crippen molar-refractivity contribution in [2.24, 2.45) is 0 Å². The molecule has 28 heavy (non-hydrogen) atoms. The maximum absolute atomic E-state index is 14.7. The number of hydrogen-bond acceptors (Lipinski definition) is 5. The van der Waals surface area contributed by atoms with Crippen molar-refractivity contribution in [3.05, 3.63) is 47.8 Å². The van der Waals surface area contributed by atoms with Crippen LogP contribution >= 0.6 is 0 Å². The lowest BCUT2D eigenvalue weighted by Gasteiger charge is -2.23. The Morgan fingerprint density at radius 1 is 1.29 bits per heavy atom. The Labute approximate surface area is 159 Å². The van der Waals surface area contributed by atoms with Crippen LogP contribution < -0.4 is 4.74 Å². The molecule has 0 aliphatic carbocycles. The third-order valence-electron chi connectivity index (χ3n) is 3.41. The molecule has 1 N–H and O–H groups in total. The number of aliphatic hydroxyl groups excluding tert-OH is 1. The minimum Gasteiger partial charge on any atom is -0.487 e. The highest BCUT2D eigenvalue weighted by Crippen LogP contribution is 2.38. The number of ether oxygens (including phenoxy) is 2. The van der Waals surface area contributed by atoms with Gasteiger partial charge in [0.25, 0.3) is 0 Å². The smallest absolute Gasteiger partial charge is 0.408 e. The average Bonchev–Trinajstić information content (AvgIpc) is 3.08. The number of rotatable bonds is 8. The minimum atomic E-state index is -4.72. The summed E-state index contributed by atoms with van der Waals surface area (Å²) in [5, 5.41) is 13.1. The summed E-state index contributed by atoms with van der Waals surface area (Å²) < 4.78 is 92.9. The molecule has 0 saturated carbocycles. The summed E-state index contributed by atoms with van der Waals surface area (Å²) in [5.41, 5.74) is -1.74. The lowest BCUT2D eigenvalue weighted by Crippen LogP contribution is -2.39. The summed E-state index contributed by atoms with van der Waals surface area (Å²) >= 11 is 0. The molecule has 1 heterocycles. The summed E-state index contributed by atoms with van der Waals surface area (Å²) in [6.45, 7) is -3.56. The van der Waals surface area contributed by atoms with Crippen LogP contribution in [0, 0.1) is 0 Å². The molecule has 1 atom stereocenters. The summed E-state index contributed by atoms with van der Waals surface area (Å²) in [4.78, 5) is 11.5. The van der Waals surface area contributed by atoms with E-state index in [1.54, 1.807) is 0 Å². The van der Waals surface area contributed by atoms with Crippen LogP contribution in [0.3, 0.4) is 0 Å². The molecule has 0 radical (unpaired) electrons. The normalized spacial score (nSPS) is 14.8. The quantitative estimate of drug-likeness (QED) is 0.535. The first-order valence-electron chi connectivity index (χ1n) is 8.89. The maximum atomic E-state index is 14.7. The van der Waals surface area contributed by atoms with Crippen molar-refractivity contribution in [1.82, 2.24) is 9.78 Å². The van der Waals surface area contributed by atoms with Gasteiger partial charge in [-0.3, -0.25) is 4.68 Å². The van der Waals surface area contributed by atoms with Crippen LogP contribution in [0.1, 0.15) is 20.9 Å². The van der Waals surface area contributed by atoms with Gasteiger partial charge in [0.05, 0.1) is 20.6 Å². The maximum Gasteiger partial charge on any atom is 0.408 e.